The standard InChI is InChI=1S/C18H25ClN2O4S/c1-21(2)26(23,24)12-13-10-25-11-16(13)20-17(22)18(8-3-9-18)14-4-6-15(19)7-5-14/h4-7,13,16H,3,8-12H2,1-2H3,(H,20,22)/t13-,16+/m0/s1. The molecule has 3 rings (SSSR count). The molecule has 1 aromatic rings. The van der Waals surface area contributed by atoms with Crippen molar-refractivity contribution in [2.45, 2.75) is 30.7 Å². The van der Waals surface area contributed by atoms with Gasteiger partial charge in [-0.1, -0.05) is 30.2 Å². The van der Waals surface area contributed by atoms with Crippen molar-refractivity contribution in [1.82, 2.24) is 9.62 Å². The highest BCUT2D eigenvalue weighted by Crippen LogP contribution is 2.44. The van der Waals surface area contributed by atoms with Gasteiger partial charge in [0.2, 0.25) is 15.9 Å². The number of amides is 1. The maximum absolute atomic E-state index is 13.1. The Hall–Kier alpha value is -1.15. The van der Waals surface area contributed by atoms with Crippen LogP contribution < -0.4 is 5.32 Å². The predicted molar refractivity (Wildman–Crippen MR) is 101 cm³/mol. The molecule has 0 spiro atoms. The molecule has 2 atom stereocenters. The first-order valence-electron chi connectivity index (χ1n) is 8.79. The first-order chi connectivity index (χ1) is 12.2. The smallest absolute Gasteiger partial charge is 0.230 e. The molecule has 1 aromatic carbocycles. The molecule has 2 fully saturated rings. The Morgan fingerprint density at radius 3 is 2.46 bits per heavy atom. The number of hydrogen-bond acceptors (Lipinski definition) is 4. The Kier molecular flexibility index (Phi) is 5.63. The summed E-state index contributed by atoms with van der Waals surface area (Å²) in [6.07, 6.45) is 2.57. The van der Waals surface area contributed by atoms with Crippen LogP contribution in [0.15, 0.2) is 24.3 Å². The van der Waals surface area contributed by atoms with Crippen molar-refractivity contribution in [1.29, 1.82) is 0 Å². The average molecular weight is 401 g/mol. The van der Waals surface area contributed by atoms with Crippen molar-refractivity contribution in [3.8, 4) is 0 Å². The number of hydrogen-bond donors (Lipinski definition) is 1. The minimum Gasteiger partial charge on any atom is -0.379 e. The summed E-state index contributed by atoms with van der Waals surface area (Å²) in [5, 5.41) is 3.71. The SMILES string of the molecule is CN(C)S(=O)(=O)C[C@@H]1COC[C@H]1NC(=O)C1(c2ccc(Cl)cc2)CCC1. The van der Waals surface area contributed by atoms with E-state index in [1.54, 1.807) is 12.1 Å². The highest BCUT2D eigenvalue weighted by atomic mass is 35.5. The number of nitrogens with one attached hydrogen (secondary N) is 1. The lowest BCUT2D eigenvalue weighted by Crippen LogP contribution is -2.54. The van der Waals surface area contributed by atoms with Gasteiger partial charge in [-0.15, -0.1) is 0 Å². The third kappa shape index (κ3) is 3.76. The van der Waals surface area contributed by atoms with Gasteiger partial charge in [-0.05, 0) is 30.5 Å². The second-order valence-electron chi connectivity index (χ2n) is 7.38. The van der Waals surface area contributed by atoms with Crippen molar-refractivity contribution in [2.75, 3.05) is 33.1 Å². The fourth-order valence-electron chi connectivity index (χ4n) is 3.59. The van der Waals surface area contributed by atoms with Crippen molar-refractivity contribution in [2.24, 2.45) is 5.92 Å². The van der Waals surface area contributed by atoms with Gasteiger partial charge >= 0.3 is 0 Å². The van der Waals surface area contributed by atoms with Gasteiger partial charge in [0.25, 0.3) is 0 Å². The summed E-state index contributed by atoms with van der Waals surface area (Å²) in [6, 6.07) is 7.12. The van der Waals surface area contributed by atoms with Gasteiger partial charge in [0.15, 0.2) is 0 Å². The molecule has 144 valence electrons. The number of benzene rings is 1. The Morgan fingerprint density at radius 2 is 1.92 bits per heavy atom. The molecule has 0 radical (unpaired) electrons. The van der Waals surface area contributed by atoms with E-state index >= 15 is 0 Å². The molecule has 0 bridgehead atoms. The van der Waals surface area contributed by atoms with Gasteiger partial charge < -0.3 is 10.1 Å². The first kappa shape index (κ1) is 19.6. The fraction of sp³-hybridized carbons (Fsp3) is 0.611. The van der Waals surface area contributed by atoms with Gasteiger partial charge in [-0.3, -0.25) is 4.79 Å². The van der Waals surface area contributed by atoms with Crippen LogP contribution in [0.25, 0.3) is 0 Å². The lowest BCUT2D eigenvalue weighted by atomic mass is 9.63. The third-order valence-corrected chi connectivity index (χ3v) is 7.75. The van der Waals surface area contributed by atoms with E-state index in [1.165, 1.54) is 18.4 Å². The number of ether oxygens (including phenoxy) is 1. The summed E-state index contributed by atoms with van der Waals surface area (Å²) in [5.41, 5.74) is 0.417. The lowest BCUT2D eigenvalue weighted by Gasteiger charge is -2.41. The fourth-order valence-corrected chi connectivity index (χ4v) is 4.89. The maximum Gasteiger partial charge on any atom is 0.230 e. The predicted octanol–water partition coefficient (Wildman–Crippen LogP) is 1.78. The topological polar surface area (TPSA) is 75.7 Å². The van der Waals surface area contributed by atoms with Crippen LogP contribution in [0, 0.1) is 5.92 Å². The van der Waals surface area contributed by atoms with Crippen molar-refractivity contribution in [3.63, 3.8) is 0 Å². The normalized spacial score (nSPS) is 25.1. The summed E-state index contributed by atoms with van der Waals surface area (Å²) in [7, 11) is -0.314. The van der Waals surface area contributed by atoms with E-state index in [1.807, 2.05) is 12.1 Å². The van der Waals surface area contributed by atoms with Crippen LogP contribution in [-0.4, -0.2) is 57.7 Å². The molecular formula is C18H25ClN2O4S. The van der Waals surface area contributed by atoms with E-state index in [2.05, 4.69) is 5.32 Å². The number of halogens is 1. The van der Waals surface area contributed by atoms with Gasteiger partial charge in [0.1, 0.15) is 0 Å². The Morgan fingerprint density at radius 1 is 1.27 bits per heavy atom. The minimum absolute atomic E-state index is 0.0289. The molecule has 1 saturated carbocycles. The van der Waals surface area contributed by atoms with Gasteiger partial charge in [-0.2, -0.15) is 0 Å². The van der Waals surface area contributed by atoms with Crippen LogP contribution in [0.1, 0.15) is 24.8 Å². The average Bonchev–Trinajstić information content (AvgIpc) is 2.94. The summed E-state index contributed by atoms with van der Waals surface area (Å²) in [4.78, 5) is 13.1. The monoisotopic (exact) mass is 400 g/mol. The molecule has 1 heterocycles. The van der Waals surface area contributed by atoms with Gasteiger partial charge in [0, 0.05) is 25.0 Å². The minimum atomic E-state index is -3.35. The van der Waals surface area contributed by atoms with E-state index in [-0.39, 0.29) is 23.6 Å². The number of carbonyl (C=O) groups excluding carboxylic acids is 1. The zero-order chi connectivity index (χ0) is 18.9. The highest BCUT2D eigenvalue weighted by molar-refractivity contribution is 7.89. The molecule has 1 aliphatic carbocycles. The molecular weight excluding hydrogens is 376 g/mol. The van der Waals surface area contributed by atoms with Gasteiger partial charge in [0.05, 0.1) is 30.4 Å². The summed E-state index contributed by atoms with van der Waals surface area (Å²) in [5.74, 6) is -0.318. The molecule has 1 amide bonds. The number of sulfonamides is 1. The molecule has 6 nitrogen and oxygen atoms in total. The van der Waals surface area contributed by atoms with Gasteiger partial charge in [-0.25, -0.2) is 12.7 Å². The van der Waals surface area contributed by atoms with Crippen molar-refractivity contribution in [3.05, 3.63) is 34.9 Å². The van der Waals surface area contributed by atoms with Crippen molar-refractivity contribution < 1.29 is 17.9 Å². The summed E-state index contributed by atoms with van der Waals surface area (Å²) >= 11 is 5.97. The Bertz CT molecular complexity index is 760. The van der Waals surface area contributed by atoms with Crippen LogP contribution in [0.5, 0.6) is 0 Å². The van der Waals surface area contributed by atoms with E-state index in [0.29, 0.717) is 18.2 Å². The van der Waals surface area contributed by atoms with Crippen LogP contribution >= 0.6 is 11.6 Å². The van der Waals surface area contributed by atoms with E-state index in [0.717, 1.165) is 24.8 Å². The first-order valence-corrected chi connectivity index (χ1v) is 10.8. The zero-order valence-electron chi connectivity index (χ0n) is 15.1. The molecule has 26 heavy (non-hydrogen) atoms. The summed E-state index contributed by atoms with van der Waals surface area (Å²) < 4.78 is 31.0. The van der Waals surface area contributed by atoms with Crippen LogP contribution in [0.3, 0.4) is 0 Å². The highest BCUT2D eigenvalue weighted by Gasteiger charge is 2.47. The van der Waals surface area contributed by atoms with E-state index in [4.69, 9.17) is 16.3 Å². The molecule has 1 saturated heterocycles. The Labute approximate surface area is 159 Å². The van der Waals surface area contributed by atoms with Crippen LogP contribution in [-0.2, 0) is 25.0 Å². The van der Waals surface area contributed by atoms with Crippen molar-refractivity contribution >= 4 is 27.5 Å². The molecule has 0 aromatic heterocycles. The summed E-state index contributed by atoms with van der Waals surface area (Å²) in [6.45, 7) is 0.683. The maximum atomic E-state index is 13.1. The second-order valence-corrected chi connectivity index (χ2v) is 10.0. The lowest BCUT2D eigenvalue weighted by molar-refractivity contribution is -0.130. The quantitative estimate of drug-likeness (QED) is 0.789. The molecule has 8 heteroatoms. The van der Waals surface area contributed by atoms with Crippen LogP contribution in [0.4, 0.5) is 0 Å². The number of nitrogens with zero attached hydrogens (tertiary/aromatic N) is 1. The molecule has 1 aliphatic heterocycles. The third-order valence-electron chi connectivity index (χ3n) is 5.53. The van der Waals surface area contributed by atoms with E-state index < -0.39 is 15.4 Å². The molecule has 1 N–H and O–H groups in total. The largest absolute Gasteiger partial charge is 0.379 e. The molecule has 0 unspecified atom stereocenters. The molecule has 2 aliphatic rings. The Balaban J connectivity index is 1.72. The van der Waals surface area contributed by atoms with E-state index in [9.17, 15) is 13.2 Å². The number of rotatable bonds is 6. The zero-order valence-corrected chi connectivity index (χ0v) is 16.6. The second kappa shape index (κ2) is 7.46. The van der Waals surface area contributed by atoms with Crippen LogP contribution in [0.2, 0.25) is 5.02 Å². The number of carbonyl (C=O) groups is 1.